The van der Waals surface area contributed by atoms with Gasteiger partial charge < -0.3 is 30.7 Å². The Bertz CT molecular complexity index is 2620. The molecular formula is C53H52N4O8. The number of nitrogens with one attached hydrogen (secondary N) is 1. The van der Waals surface area contributed by atoms with Crippen LogP contribution in [0.3, 0.4) is 0 Å². The van der Waals surface area contributed by atoms with Crippen molar-refractivity contribution >= 4 is 29.5 Å². The monoisotopic (exact) mass is 872 g/mol. The maximum atomic E-state index is 16.3. The number of imide groups is 1. The van der Waals surface area contributed by atoms with Crippen molar-refractivity contribution in [1.82, 2.24) is 10.2 Å². The van der Waals surface area contributed by atoms with E-state index in [4.69, 9.17) is 15.2 Å². The molecule has 0 radical (unpaired) electrons. The molecular weight excluding hydrogens is 821 g/mol. The third-order valence-corrected chi connectivity index (χ3v) is 13.5. The molecule has 0 bridgehead atoms. The van der Waals surface area contributed by atoms with Gasteiger partial charge in [-0.2, -0.15) is 0 Å². The summed E-state index contributed by atoms with van der Waals surface area (Å²) < 4.78 is 12.2. The minimum absolute atomic E-state index is 0.0433. The summed E-state index contributed by atoms with van der Waals surface area (Å²) >= 11 is 0. The van der Waals surface area contributed by atoms with Gasteiger partial charge in [-0.25, -0.2) is 9.69 Å². The highest BCUT2D eigenvalue weighted by Gasteiger charge is 2.75. The zero-order chi connectivity index (χ0) is 45.3. The van der Waals surface area contributed by atoms with Crippen LogP contribution in [0.5, 0.6) is 5.75 Å². The fraction of sp³-hybridized carbons (Fsp3) is 0.321. The lowest BCUT2D eigenvalue weighted by atomic mass is 9.65. The van der Waals surface area contributed by atoms with Gasteiger partial charge in [0.25, 0.3) is 0 Å². The Morgan fingerprint density at radius 3 is 2.09 bits per heavy atom. The Balaban J connectivity index is 1.30. The first kappa shape index (κ1) is 43.5. The number of urea groups is 1. The van der Waals surface area contributed by atoms with E-state index in [9.17, 15) is 19.8 Å². The predicted octanol–water partition coefficient (Wildman–Crippen LogP) is 7.12. The van der Waals surface area contributed by atoms with Crippen LogP contribution in [0.25, 0.3) is 0 Å². The van der Waals surface area contributed by atoms with Crippen molar-refractivity contribution in [2.45, 2.75) is 86.7 Å². The van der Waals surface area contributed by atoms with Crippen LogP contribution in [-0.2, 0) is 24.5 Å². The molecule has 3 heterocycles. The predicted molar refractivity (Wildman–Crippen MR) is 243 cm³/mol. The van der Waals surface area contributed by atoms with Gasteiger partial charge in [-0.05, 0) is 90.8 Å². The van der Waals surface area contributed by atoms with Crippen LogP contribution >= 0.6 is 0 Å². The third-order valence-electron chi connectivity index (χ3n) is 13.5. The number of morpholine rings is 1. The molecule has 4 amide bonds. The van der Waals surface area contributed by atoms with E-state index in [1.165, 1.54) is 0 Å². The summed E-state index contributed by atoms with van der Waals surface area (Å²) in [7, 11) is 0. The molecule has 3 fully saturated rings. The summed E-state index contributed by atoms with van der Waals surface area (Å²) in [6, 6.07) is 35.6. The van der Waals surface area contributed by atoms with Crippen LogP contribution in [-0.4, -0.2) is 63.8 Å². The molecule has 2 saturated heterocycles. The van der Waals surface area contributed by atoms with Crippen molar-refractivity contribution in [2.24, 2.45) is 11.7 Å². The van der Waals surface area contributed by atoms with E-state index in [1.54, 1.807) is 42.5 Å². The first-order valence-electron chi connectivity index (χ1n) is 22.4. The Kier molecular flexibility index (Phi) is 12.0. The molecule has 5 aromatic rings. The number of nitrogens with two attached hydrogens (primary N) is 1. The number of rotatable bonds is 9. The molecule has 3 aliphatic heterocycles. The lowest BCUT2D eigenvalue weighted by Gasteiger charge is -2.46. The number of cyclic esters (lactones) is 1. The number of fused-ring (bicyclic) bond motifs is 3. The topological polar surface area (TPSA) is 172 Å². The molecule has 5 aromatic carbocycles. The number of aliphatic hydroxyl groups excluding tert-OH is 1. The zero-order valence-corrected chi connectivity index (χ0v) is 36.1. The van der Waals surface area contributed by atoms with Crippen LogP contribution in [0.2, 0.25) is 0 Å². The molecule has 4 aliphatic rings. The van der Waals surface area contributed by atoms with Crippen LogP contribution in [0, 0.1) is 17.8 Å². The Morgan fingerprint density at radius 1 is 0.831 bits per heavy atom. The lowest BCUT2D eigenvalue weighted by Crippen LogP contribution is -2.55. The van der Waals surface area contributed by atoms with Crippen molar-refractivity contribution in [2.75, 3.05) is 18.1 Å². The molecule has 0 unspecified atom stereocenters. The second kappa shape index (κ2) is 18.0. The second-order valence-electron chi connectivity index (χ2n) is 17.5. The molecule has 12 heteroatoms. The molecule has 1 saturated carbocycles. The van der Waals surface area contributed by atoms with Gasteiger partial charge in [0.1, 0.15) is 35.5 Å². The largest absolute Gasteiger partial charge is 0.491 e. The quantitative estimate of drug-likeness (QED) is 0.0684. The number of ether oxygens (including phenoxy) is 2. The second-order valence-corrected chi connectivity index (χ2v) is 17.5. The van der Waals surface area contributed by atoms with Gasteiger partial charge in [0.15, 0.2) is 0 Å². The zero-order valence-electron chi connectivity index (χ0n) is 36.1. The fourth-order valence-electron chi connectivity index (χ4n) is 10.6. The molecule has 0 aromatic heterocycles. The van der Waals surface area contributed by atoms with Gasteiger partial charge in [0.2, 0.25) is 11.8 Å². The van der Waals surface area contributed by atoms with Crippen molar-refractivity contribution < 1.29 is 38.9 Å². The molecule has 5 N–H and O–H groups in total. The maximum absolute atomic E-state index is 16.3. The number of amides is 4. The average molecular weight is 873 g/mol. The number of aliphatic hydroxyl groups is 2. The summed E-state index contributed by atoms with van der Waals surface area (Å²) in [5, 5.41) is 24.2. The van der Waals surface area contributed by atoms with Gasteiger partial charge in [0, 0.05) is 5.56 Å². The van der Waals surface area contributed by atoms with Crippen molar-refractivity contribution in [3.05, 3.63) is 167 Å². The van der Waals surface area contributed by atoms with Crippen molar-refractivity contribution in [3.63, 3.8) is 0 Å². The Hall–Kier alpha value is -6.78. The van der Waals surface area contributed by atoms with E-state index in [2.05, 4.69) is 17.2 Å². The highest BCUT2D eigenvalue weighted by molar-refractivity contribution is 6.24. The number of hydrogen-bond donors (Lipinski definition) is 4. The van der Waals surface area contributed by atoms with Crippen LogP contribution < -0.4 is 20.7 Å². The molecule has 1 spiro atoms. The number of primary amides is 1. The highest BCUT2D eigenvalue weighted by Crippen LogP contribution is 2.65. The Labute approximate surface area is 378 Å². The van der Waals surface area contributed by atoms with E-state index in [0.717, 1.165) is 41.7 Å². The molecule has 65 heavy (non-hydrogen) atoms. The first-order valence-corrected chi connectivity index (χ1v) is 22.4. The number of benzene rings is 5. The number of hydrogen-bond acceptors (Lipinski definition) is 9. The minimum Gasteiger partial charge on any atom is -0.491 e. The van der Waals surface area contributed by atoms with E-state index >= 15 is 9.59 Å². The molecule has 9 rings (SSSR count). The minimum atomic E-state index is -2.03. The summed E-state index contributed by atoms with van der Waals surface area (Å²) in [6.45, 7) is 1.65. The fourth-order valence-corrected chi connectivity index (χ4v) is 10.6. The van der Waals surface area contributed by atoms with E-state index < -0.39 is 71.0 Å². The number of carbonyl (C=O) groups is 4. The maximum Gasteiger partial charge on any atom is 0.329 e. The van der Waals surface area contributed by atoms with E-state index in [1.807, 2.05) is 103 Å². The van der Waals surface area contributed by atoms with Crippen molar-refractivity contribution in [1.29, 1.82) is 0 Å². The van der Waals surface area contributed by atoms with Gasteiger partial charge in [0.05, 0.1) is 36.3 Å². The average Bonchev–Trinajstić information content (AvgIpc) is 3.67. The molecule has 1 aliphatic carbocycles. The Morgan fingerprint density at radius 2 is 1.46 bits per heavy atom. The lowest BCUT2D eigenvalue weighted by molar-refractivity contribution is -0.178. The first-order chi connectivity index (χ1) is 31.6. The normalized spacial score (nSPS) is 25.0. The van der Waals surface area contributed by atoms with Gasteiger partial charge >= 0.3 is 12.0 Å². The smallest absolute Gasteiger partial charge is 0.329 e. The summed E-state index contributed by atoms with van der Waals surface area (Å²) in [6.07, 6.45) is 3.83. The van der Waals surface area contributed by atoms with Crippen LogP contribution in [0.15, 0.2) is 133 Å². The molecule has 332 valence electrons. The molecule has 12 nitrogen and oxygen atoms in total. The van der Waals surface area contributed by atoms with Gasteiger partial charge in [-0.15, -0.1) is 0 Å². The van der Waals surface area contributed by atoms with E-state index in [-0.39, 0.29) is 24.5 Å². The standard InChI is InChI=1S/C53H52N4O8/c1-34(36-15-7-4-8-16-36)55-51(62)56-42-26-21-35(27-30-52(63)28-13-2-3-14-29-52)33-41(42)53(50(56)61)43(48(54)59)45-49(60)65-46(38-19-11-6-12-20-38)44(37-17-9-5-10-18-37)57(45)47(53)39-22-24-40(25-23-39)64-32-31-58/h4-12,15-26,33-34,43-47,58,63H,2-3,13-14,28-29,31-32H2,1H3,(H2,54,59)(H,55,62)/t34-,43+,44+,45+,46-,47-,53+/m1/s1. The van der Waals surface area contributed by atoms with Crippen LogP contribution in [0.4, 0.5) is 10.5 Å². The number of carbonyl (C=O) groups excluding carboxylic acids is 4. The number of anilines is 1. The number of esters is 1. The summed E-state index contributed by atoms with van der Waals surface area (Å²) in [4.78, 5) is 63.7. The highest BCUT2D eigenvalue weighted by atomic mass is 16.6. The molecule has 7 atom stereocenters. The van der Waals surface area contributed by atoms with Gasteiger partial charge in [-0.3, -0.25) is 19.3 Å². The summed E-state index contributed by atoms with van der Waals surface area (Å²) in [5.41, 5.74) is 7.01. The van der Waals surface area contributed by atoms with Gasteiger partial charge in [-0.1, -0.05) is 128 Å². The van der Waals surface area contributed by atoms with E-state index in [0.29, 0.717) is 35.3 Å². The third kappa shape index (κ3) is 7.84. The van der Waals surface area contributed by atoms with Crippen molar-refractivity contribution in [3.8, 4) is 17.6 Å². The number of nitrogens with zero attached hydrogens (tertiary/aromatic N) is 2. The SMILES string of the molecule is C[C@@H](NC(=O)N1C(=O)[C@@]2(c3cc(C#CC4(O)CCCCCC4)ccc31)[C@H](C(N)=O)[C@H]1C(=O)O[C@H](c3ccccc3)[C@H](c3ccccc3)N1[C@@H]2c1ccc(OCCO)cc1)c1ccccc1. The summed E-state index contributed by atoms with van der Waals surface area (Å²) in [5.74, 6) is 2.78. The van der Waals surface area contributed by atoms with Crippen LogP contribution in [0.1, 0.15) is 103 Å².